The van der Waals surface area contributed by atoms with Gasteiger partial charge < -0.3 is 14.2 Å². The van der Waals surface area contributed by atoms with E-state index in [-0.39, 0.29) is 0 Å². The van der Waals surface area contributed by atoms with E-state index in [1.807, 2.05) is 18.2 Å². The molecule has 0 N–H and O–H groups in total. The van der Waals surface area contributed by atoms with Crippen molar-refractivity contribution in [2.45, 2.75) is 6.61 Å². The van der Waals surface area contributed by atoms with E-state index in [1.54, 1.807) is 0 Å². The Balaban J connectivity index is 2.04. The topological polar surface area (TPSA) is 27.7 Å². The van der Waals surface area contributed by atoms with Crippen LogP contribution in [0.25, 0.3) is 0 Å². The summed E-state index contributed by atoms with van der Waals surface area (Å²) in [7, 11) is 0. The predicted octanol–water partition coefficient (Wildman–Crippen LogP) is 1.61. The van der Waals surface area contributed by atoms with E-state index < -0.39 is 0 Å². The van der Waals surface area contributed by atoms with Gasteiger partial charge in [-0.05, 0) is 17.7 Å². The quantitative estimate of drug-likeness (QED) is 0.553. The second-order valence-electron chi connectivity index (χ2n) is 3.17. The summed E-state index contributed by atoms with van der Waals surface area (Å²) < 4.78 is 16.1. The van der Waals surface area contributed by atoms with Crippen molar-refractivity contribution < 1.29 is 14.2 Å². The Labute approximate surface area is 89.0 Å². The van der Waals surface area contributed by atoms with Crippen LogP contribution in [0.15, 0.2) is 18.2 Å². The molecule has 2 rings (SSSR count). The first-order valence-corrected chi connectivity index (χ1v) is 4.80. The molecule has 1 aromatic carbocycles. The molecule has 1 aliphatic heterocycles. The Morgan fingerprint density at radius 2 is 2.07 bits per heavy atom. The highest BCUT2D eigenvalue weighted by Crippen LogP contribution is 2.30. The Bertz CT molecular complexity index is 379. The third kappa shape index (κ3) is 2.42. The largest absolute Gasteiger partial charge is 0.486 e. The van der Waals surface area contributed by atoms with Crippen LogP contribution in [0.1, 0.15) is 5.56 Å². The van der Waals surface area contributed by atoms with Crippen LogP contribution in [-0.2, 0) is 11.3 Å². The minimum Gasteiger partial charge on any atom is -0.486 e. The van der Waals surface area contributed by atoms with Crippen molar-refractivity contribution in [3.63, 3.8) is 0 Å². The number of hydrogen-bond donors (Lipinski definition) is 0. The number of hydrogen-bond acceptors (Lipinski definition) is 3. The zero-order chi connectivity index (χ0) is 10.5. The molecule has 3 nitrogen and oxygen atoms in total. The normalized spacial score (nSPS) is 13.3. The summed E-state index contributed by atoms with van der Waals surface area (Å²) in [5.41, 5.74) is 1.04. The Morgan fingerprint density at radius 1 is 1.27 bits per heavy atom. The third-order valence-electron chi connectivity index (χ3n) is 2.06. The number of terminal acetylenes is 1. The average molecular weight is 204 g/mol. The fourth-order valence-corrected chi connectivity index (χ4v) is 1.41. The van der Waals surface area contributed by atoms with Crippen molar-refractivity contribution in [2.24, 2.45) is 0 Å². The second kappa shape index (κ2) is 4.72. The maximum absolute atomic E-state index is 5.45. The van der Waals surface area contributed by atoms with Crippen molar-refractivity contribution in [1.29, 1.82) is 0 Å². The van der Waals surface area contributed by atoms with Crippen molar-refractivity contribution in [1.82, 2.24) is 0 Å². The number of fused-ring (bicyclic) bond motifs is 1. The lowest BCUT2D eigenvalue weighted by atomic mass is 10.2. The molecule has 15 heavy (non-hydrogen) atoms. The summed E-state index contributed by atoms with van der Waals surface area (Å²) in [5, 5.41) is 0. The summed E-state index contributed by atoms with van der Waals surface area (Å²) >= 11 is 0. The molecule has 0 saturated heterocycles. The van der Waals surface area contributed by atoms with Gasteiger partial charge in [0.2, 0.25) is 0 Å². The Hall–Kier alpha value is -1.66. The van der Waals surface area contributed by atoms with E-state index in [2.05, 4.69) is 5.92 Å². The Morgan fingerprint density at radius 3 is 2.87 bits per heavy atom. The van der Waals surface area contributed by atoms with Gasteiger partial charge in [-0.1, -0.05) is 12.0 Å². The van der Waals surface area contributed by atoms with Crippen LogP contribution in [0.5, 0.6) is 11.5 Å². The molecule has 3 heteroatoms. The summed E-state index contributed by atoms with van der Waals surface area (Å²) in [4.78, 5) is 0. The first-order chi connectivity index (χ1) is 7.40. The molecule has 78 valence electrons. The molecule has 1 heterocycles. The van der Waals surface area contributed by atoms with Crippen molar-refractivity contribution in [3.8, 4) is 23.8 Å². The smallest absolute Gasteiger partial charge is 0.161 e. The van der Waals surface area contributed by atoms with Crippen LogP contribution >= 0.6 is 0 Å². The van der Waals surface area contributed by atoms with Crippen LogP contribution in [0.4, 0.5) is 0 Å². The molecule has 0 spiro atoms. The lowest BCUT2D eigenvalue weighted by Crippen LogP contribution is -2.15. The van der Waals surface area contributed by atoms with Gasteiger partial charge in [0.15, 0.2) is 11.5 Å². The van der Waals surface area contributed by atoms with E-state index in [4.69, 9.17) is 20.6 Å². The minimum absolute atomic E-state index is 0.328. The maximum Gasteiger partial charge on any atom is 0.161 e. The second-order valence-corrected chi connectivity index (χ2v) is 3.17. The number of rotatable bonds is 3. The molecule has 0 unspecified atom stereocenters. The molecule has 0 radical (unpaired) electrons. The van der Waals surface area contributed by atoms with Gasteiger partial charge in [-0.3, -0.25) is 0 Å². The molecule has 0 fully saturated rings. The van der Waals surface area contributed by atoms with Crippen LogP contribution < -0.4 is 9.47 Å². The van der Waals surface area contributed by atoms with Gasteiger partial charge in [-0.2, -0.15) is 0 Å². The summed E-state index contributed by atoms with van der Waals surface area (Å²) in [6, 6.07) is 5.76. The zero-order valence-corrected chi connectivity index (χ0v) is 8.36. The van der Waals surface area contributed by atoms with Gasteiger partial charge in [-0.25, -0.2) is 0 Å². The van der Waals surface area contributed by atoms with E-state index >= 15 is 0 Å². The molecule has 1 aliphatic rings. The fourth-order valence-electron chi connectivity index (χ4n) is 1.41. The average Bonchev–Trinajstić information content (AvgIpc) is 2.29. The molecular weight excluding hydrogens is 192 g/mol. The molecular formula is C12H12O3. The lowest BCUT2D eigenvalue weighted by molar-refractivity contribution is 0.150. The van der Waals surface area contributed by atoms with Crippen molar-refractivity contribution >= 4 is 0 Å². The van der Waals surface area contributed by atoms with Gasteiger partial charge in [-0.15, -0.1) is 6.42 Å². The predicted molar refractivity (Wildman–Crippen MR) is 55.9 cm³/mol. The van der Waals surface area contributed by atoms with E-state index in [0.29, 0.717) is 26.4 Å². The molecule has 0 bridgehead atoms. The standard InChI is InChI=1S/C12H12O3/c1-2-5-13-9-10-3-4-11-12(8-10)15-7-6-14-11/h1,3-4,8H,5-7,9H2. The molecule has 0 amide bonds. The van der Waals surface area contributed by atoms with E-state index in [9.17, 15) is 0 Å². The van der Waals surface area contributed by atoms with Crippen LogP contribution in [0.2, 0.25) is 0 Å². The highest BCUT2D eigenvalue weighted by molar-refractivity contribution is 5.43. The zero-order valence-electron chi connectivity index (χ0n) is 8.36. The van der Waals surface area contributed by atoms with Crippen LogP contribution in [0, 0.1) is 12.3 Å². The minimum atomic E-state index is 0.328. The summed E-state index contributed by atoms with van der Waals surface area (Å²) in [5.74, 6) is 4.00. The van der Waals surface area contributed by atoms with Crippen LogP contribution in [0.3, 0.4) is 0 Å². The fraction of sp³-hybridized carbons (Fsp3) is 0.333. The van der Waals surface area contributed by atoms with Crippen molar-refractivity contribution in [2.75, 3.05) is 19.8 Å². The first-order valence-electron chi connectivity index (χ1n) is 4.80. The third-order valence-corrected chi connectivity index (χ3v) is 2.06. The van der Waals surface area contributed by atoms with Gasteiger partial charge in [0.05, 0.1) is 6.61 Å². The molecule has 0 saturated carbocycles. The van der Waals surface area contributed by atoms with Crippen LogP contribution in [-0.4, -0.2) is 19.8 Å². The highest BCUT2D eigenvalue weighted by Gasteiger charge is 2.11. The van der Waals surface area contributed by atoms with Crippen molar-refractivity contribution in [3.05, 3.63) is 23.8 Å². The highest BCUT2D eigenvalue weighted by atomic mass is 16.6. The molecule has 0 aliphatic carbocycles. The SMILES string of the molecule is C#CCOCc1ccc2c(c1)OCCO2. The summed E-state index contributed by atoms with van der Waals surface area (Å²) in [6.45, 7) is 2.04. The first kappa shape index (κ1) is 9.88. The number of benzene rings is 1. The van der Waals surface area contributed by atoms with Gasteiger partial charge in [0, 0.05) is 0 Å². The Kier molecular flexibility index (Phi) is 3.11. The monoisotopic (exact) mass is 204 g/mol. The molecule has 0 aromatic heterocycles. The number of ether oxygens (including phenoxy) is 3. The van der Waals surface area contributed by atoms with E-state index in [0.717, 1.165) is 17.1 Å². The molecule has 1 aromatic rings. The van der Waals surface area contributed by atoms with Gasteiger partial charge >= 0.3 is 0 Å². The molecule has 0 atom stereocenters. The van der Waals surface area contributed by atoms with E-state index in [1.165, 1.54) is 0 Å². The van der Waals surface area contributed by atoms with Gasteiger partial charge in [0.1, 0.15) is 19.8 Å². The lowest BCUT2D eigenvalue weighted by Gasteiger charge is -2.18. The maximum atomic E-state index is 5.45. The summed E-state index contributed by atoms with van der Waals surface area (Å²) in [6.07, 6.45) is 5.08. The van der Waals surface area contributed by atoms with Gasteiger partial charge in [0.25, 0.3) is 0 Å².